The largest absolute Gasteiger partial charge is 0.313 e. The predicted octanol–water partition coefficient (Wildman–Crippen LogP) is 3.63. The Morgan fingerprint density at radius 3 is 2.63 bits per heavy atom. The Morgan fingerprint density at radius 1 is 1.22 bits per heavy atom. The first-order chi connectivity index (χ1) is 12.8. The van der Waals surface area contributed by atoms with E-state index in [1.807, 2.05) is 0 Å². The quantitative estimate of drug-likeness (QED) is 0.752. The highest BCUT2D eigenvalue weighted by molar-refractivity contribution is 7.91. The van der Waals surface area contributed by atoms with Gasteiger partial charge in [-0.3, -0.25) is 4.90 Å². The van der Waals surface area contributed by atoms with Crippen LogP contribution in [0.5, 0.6) is 0 Å². The van der Waals surface area contributed by atoms with Crippen molar-refractivity contribution in [3.63, 3.8) is 0 Å². The standard InChI is InChI=1S/C20H28FN3O2S/c1-15(2)27(25,26)20-22-12-18(14-23-11-7-6-8-16(23)3)24(20)13-17-9-4-5-10-19(17)21/h4-5,9-10,12,15-16H,6-8,11,13-14H2,1-3H3. The number of hydrogen-bond donors (Lipinski definition) is 0. The number of rotatable bonds is 6. The van der Waals surface area contributed by atoms with Crippen LogP contribution in [0, 0.1) is 5.82 Å². The molecule has 148 valence electrons. The fraction of sp³-hybridized carbons (Fsp3) is 0.550. The van der Waals surface area contributed by atoms with Gasteiger partial charge in [-0.15, -0.1) is 0 Å². The Kier molecular flexibility index (Phi) is 6.01. The second-order valence-electron chi connectivity index (χ2n) is 7.62. The summed E-state index contributed by atoms with van der Waals surface area (Å²) in [5.41, 5.74) is 1.27. The van der Waals surface area contributed by atoms with Crippen molar-refractivity contribution in [3.05, 3.63) is 47.5 Å². The van der Waals surface area contributed by atoms with Crippen molar-refractivity contribution in [1.29, 1.82) is 0 Å². The van der Waals surface area contributed by atoms with Crippen LogP contribution < -0.4 is 0 Å². The zero-order valence-corrected chi connectivity index (χ0v) is 17.0. The molecule has 7 heteroatoms. The lowest BCUT2D eigenvalue weighted by Crippen LogP contribution is -2.37. The molecular weight excluding hydrogens is 365 g/mol. The molecule has 5 nitrogen and oxygen atoms in total. The number of sulfone groups is 1. The molecule has 0 amide bonds. The molecule has 2 aromatic rings. The zero-order valence-electron chi connectivity index (χ0n) is 16.2. The summed E-state index contributed by atoms with van der Waals surface area (Å²) in [5.74, 6) is -0.337. The molecule has 2 heterocycles. The molecule has 1 unspecified atom stereocenters. The molecular formula is C20H28FN3O2S. The van der Waals surface area contributed by atoms with E-state index < -0.39 is 15.1 Å². The SMILES string of the molecule is CC1CCCCN1Cc1cnc(S(=O)(=O)C(C)C)n1Cc1ccccc1F. The summed E-state index contributed by atoms with van der Waals surface area (Å²) in [6, 6.07) is 6.93. The minimum absolute atomic E-state index is 0.0282. The third-order valence-corrected chi connectivity index (χ3v) is 7.44. The molecule has 27 heavy (non-hydrogen) atoms. The van der Waals surface area contributed by atoms with E-state index in [-0.39, 0.29) is 17.5 Å². The predicted molar refractivity (Wildman–Crippen MR) is 104 cm³/mol. The van der Waals surface area contributed by atoms with E-state index in [9.17, 15) is 12.8 Å². The number of benzene rings is 1. The number of piperidine rings is 1. The Balaban J connectivity index is 2.00. The first-order valence-corrected chi connectivity index (χ1v) is 11.1. The summed E-state index contributed by atoms with van der Waals surface area (Å²) in [7, 11) is -3.56. The zero-order chi connectivity index (χ0) is 19.6. The molecule has 1 aliphatic rings. The maximum absolute atomic E-state index is 14.2. The lowest BCUT2D eigenvalue weighted by atomic mass is 10.0. The van der Waals surface area contributed by atoms with Gasteiger partial charge in [-0.25, -0.2) is 17.8 Å². The topological polar surface area (TPSA) is 55.2 Å². The normalized spacial score (nSPS) is 18.9. The minimum atomic E-state index is -3.56. The Morgan fingerprint density at radius 2 is 1.96 bits per heavy atom. The average Bonchev–Trinajstić information content (AvgIpc) is 3.02. The maximum atomic E-state index is 14.2. The van der Waals surface area contributed by atoms with E-state index in [4.69, 9.17) is 0 Å². The van der Waals surface area contributed by atoms with Crippen molar-refractivity contribution in [2.75, 3.05) is 6.54 Å². The van der Waals surface area contributed by atoms with Gasteiger partial charge < -0.3 is 4.57 Å². The van der Waals surface area contributed by atoms with Crippen molar-refractivity contribution in [2.24, 2.45) is 0 Å². The fourth-order valence-corrected chi connectivity index (χ4v) is 4.63. The summed E-state index contributed by atoms with van der Waals surface area (Å²) in [4.78, 5) is 6.60. The van der Waals surface area contributed by atoms with Crippen LogP contribution in [0.3, 0.4) is 0 Å². The van der Waals surface area contributed by atoms with Crippen molar-refractivity contribution in [3.8, 4) is 0 Å². The maximum Gasteiger partial charge on any atom is 0.228 e. The van der Waals surface area contributed by atoms with Gasteiger partial charge >= 0.3 is 0 Å². The smallest absolute Gasteiger partial charge is 0.228 e. The molecule has 1 atom stereocenters. The van der Waals surface area contributed by atoms with E-state index in [0.29, 0.717) is 18.2 Å². The van der Waals surface area contributed by atoms with Gasteiger partial charge in [-0.05, 0) is 46.2 Å². The molecule has 1 aliphatic heterocycles. The average molecular weight is 394 g/mol. The molecule has 1 saturated heterocycles. The second-order valence-corrected chi connectivity index (χ2v) is 10.0. The Bertz CT molecular complexity index is 892. The summed E-state index contributed by atoms with van der Waals surface area (Å²) in [6.07, 6.45) is 5.14. The van der Waals surface area contributed by atoms with E-state index in [2.05, 4.69) is 16.8 Å². The van der Waals surface area contributed by atoms with Crippen LogP contribution in [-0.4, -0.2) is 40.7 Å². The van der Waals surface area contributed by atoms with Crippen molar-refractivity contribution in [2.45, 2.75) is 69.6 Å². The van der Waals surface area contributed by atoms with Crippen LogP contribution in [0.15, 0.2) is 35.6 Å². The Labute approximate surface area is 161 Å². The highest BCUT2D eigenvalue weighted by Gasteiger charge is 2.28. The molecule has 0 saturated carbocycles. The van der Waals surface area contributed by atoms with Gasteiger partial charge in [0.2, 0.25) is 15.0 Å². The molecule has 0 N–H and O–H groups in total. The molecule has 0 aliphatic carbocycles. The van der Waals surface area contributed by atoms with Crippen LogP contribution in [0.25, 0.3) is 0 Å². The summed E-state index contributed by atoms with van der Waals surface area (Å²) >= 11 is 0. The second kappa shape index (κ2) is 8.10. The van der Waals surface area contributed by atoms with Crippen molar-refractivity contribution >= 4 is 9.84 Å². The fourth-order valence-electron chi connectivity index (χ4n) is 3.52. The van der Waals surface area contributed by atoms with E-state index in [1.54, 1.807) is 42.8 Å². The Hall–Kier alpha value is -1.73. The van der Waals surface area contributed by atoms with E-state index >= 15 is 0 Å². The van der Waals surface area contributed by atoms with Crippen molar-refractivity contribution in [1.82, 2.24) is 14.5 Å². The molecule has 1 aromatic carbocycles. The third-order valence-electron chi connectivity index (χ3n) is 5.37. The highest BCUT2D eigenvalue weighted by atomic mass is 32.2. The third kappa shape index (κ3) is 4.24. The lowest BCUT2D eigenvalue weighted by molar-refractivity contribution is 0.149. The van der Waals surface area contributed by atoms with Crippen LogP contribution >= 0.6 is 0 Å². The van der Waals surface area contributed by atoms with Gasteiger partial charge in [0.25, 0.3) is 0 Å². The van der Waals surface area contributed by atoms with Crippen LogP contribution in [-0.2, 0) is 22.9 Å². The number of likely N-dealkylation sites (tertiary alicyclic amines) is 1. The van der Waals surface area contributed by atoms with E-state index in [0.717, 1.165) is 25.1 Å². The number of halogens is 1. The number of aromatic nitrogens is 2. The van der Waals surface area contributed by atoms with Crippen LogP contribution in [0.2, 0.25) is 0 Å². The van der Waals surface area contributed by atoms with Crippen LogP contribution in [0.4, 0.5) is 4.39 Å². The van der Waals surface area contributed by atoms with Gasteiger partial charge in [0.15, 0.2) is 0 Å². The summed E-state index contributed by atoms with van der Waals surface area (Å²) in [6.45, 7) is 7.25. The van der Waals surface area contributed by atoms with Gasteiger partial charge in [0.05, 0.1) is 23.7 Å². The molecule has 0 spiro atoms. The first kappa shape index (κ1) is 20.0. The van der Waals surface area contributed by atoms with Gasteiger partial charge in [-0.1, -0.05) is 24.6 Å². The molecule has 0 radical (unpaired) electrons. The minimum Gasteiger partial charge on any atom is -0.313 e. The van der Waals surface area contributed by atoms with Gasteiger partial charge in [0, 0.05) is 18.2 Å². The number of hydrogen-bond acceptors (Lipinski definition) is 4. The molecule has 1 fully saturated rings. The van der Waals surface area contributed by atoms with Gasteiger partial charge in [0.1, 0.15) is 5.82 Å². The highest BCUT2D eigenvalue weighted by Crippen LogP contribution is 2.24. The molecule has 3 rings (SSSR count). The monoisotopic (exact) mass is 393 g/mol. The lowest BCUT2D eigenvalue weighted by Gasteiger charge is -2.33. The first-order valence-electron chi connectivity index (χ1n) is 9.56. The molecule has 1 aromatic heterocycles. The van der Waals surface area contributed by atoms with Crippen molar-refractivity contribution < 1.29 is 12.8 Å². The summed E-state index contributed by atoms with van der Waals surface area (Å²) < 4.78 is 41.5. The summed E-state index contributed by atoms with van der Waals surface area (Å²) in [5, 5.41) is -0.554. The number of imidazole rings is 1. The van der Waals surface area contributed by atoms with Gasteiger partial charge in [-0.2, -0.15) is 0 Å². The number of nitrogens with zero attached hydrogens (tertiary/aromatic N) is 3. The van der Waals surface area contributed by atoms with Crippen LogP contribution in [0.1, 0.15) is 51.3 Å². The van der Waals surface area contributed by atoms with E-state index in [1.165, 1.54) is 12.5 Å². The molecule has 0 bridgehead atoms.